The van der Waals surface area contributed by atoms with Crippen molar-refractivity contribution in [3.63, 3.8) is 0 Å². The van der Waals surface area contributed by atoms with Crippen LogP contribution in [0.1, 0.15) is 24.0 Å². The minimum Gasteiger partial charge on any atom is -0.484 e. The molecule has 1 heterocycles. The van der Waals surface area contributed by atoms with Crippen molar-refractivity contribution < 1.29 is 14.3 Å². The summed E-state index contributed by atoms with van der Waals surface area (Å²) in [6.45, 7) is 1.55. The minimum atomic E-state index is -0.302. The summed E-state index contributed by atoms with van der Waals surface area (Å²) >= 11 is 12.5. The molecule has 2 aromatic carbocycles. The standard InChI is InChI=1S/C21H20Cl2N2O3/c22-16-3-6-18(19(23)11-16)21(7-9-27-10-8-21)14-25-20(26)13-28-17-4-1-15(12-24)2-5-17/h1-6,11H,7-10,13-14H2,(H,25,26). The van der Waals surface area contributed by atoms with Crippen LogP contribution >= 0.6 is 23.2 Å². The third kappa shape index (κ3) is 4.96. The number of nitriles is 1. The summed E-state index contributed by atoms with van der Waals surface area (Å²) in [7, 11) is 0. The molecule has 3 rings (SSSR count). The Morgan fingerprint density at radius 3 is 2.54 bits per heavy atom. The number of carbonyl (C=O) groups excluding carboxylic acids is 1. The number of nitrogens with one attached hydrogen (secondary N) is 1. The van der Waals surface area contributed by atoms with Crippen molar-refractivity contribution >= 4 is 29.1 Å². The van der Waals surface area contributed by atoms with Gasteiger partial charge in [-0.2, -0.15) is 5.26 Å². The Bertz CT molecular complexity index is 872. The third-order valence-corrected chi connectivity index (χ3v) is 5.48. The minimum absolute atomic E-state index is 0.104. The molecule has 0 saturated carbocycles. The van der Waals surface area contributed by atoms with Crippen LogP contribution < -0.4 is 10.1 Å². The molecule has 0 radical (unpaired) electrons. The van der Waals surface area contributed by atoms with E-state index in [-0.39, 0.29) is 17.9 Å². The number of amides is 1. The summed E-state index contributed by atoms with van der Waals surface area (Å²) in [6, 6.07) is 14.1. The molecule has 0 unspecified atom stereocenters. The second-order valence-corrected chi connectivity index (χ2v) is 7.56. The maximum Gasteiger partial charge on any atom is 0.257 e. The third-order valence-electron chi connectivity index (χ3n) is 4.93. The van der Waals surface area contributed by atoms with Gasteiger partial charge in [0, 0.05) is 35.2 Å². The SMILES string of the molecule is N#Cc1ccc(OCC(=O)NCC2(c3ccc(Cl)cc3Cl)CCOCC2)cc1. The van der Waals surface area contributed by atoms with Crippen LogP contribution in [0.4, 0.5) is 0 Å². The highest BCUT2D eigenvalue weighted by atomic mass is 35.5. The average Bonchev–Trinajstić information content (AvgIpc) is 2.71. The molecular weight excluding hydrogens is 399 g/mol. The lowest BCUT2D eigenvalue weighted by Crippen LogP contribution is -2.45. The zero-order chi connectivity index (χ0) is 20.0. The molecule has 0 aliphatic carbocycles. The smallest absolute Gasteiger partial charge is 0.257 e. The number of carbonyl (C=O) groups is 1. The Morgan fingerprint density at radius 2 is 1.89 bits per heavy atom. The number of hydrogen-bond donors (Lipinski definition) is 1. The number of halogens is 2. The predicted octanol–water partition coefficient (Wildman–Crippen LogP) is 4.11. The zero-order valence-electron chi connectivity index (χ0n) is 15.2. The average molecular weight is 419 g/mol. The van der Waals surface area contributed by atoms with Crippen LogP contribution in [0, 0.1) is 11.3 Å². The first kappa shape index (κ1) is 20.5. The Morgan fingerprint density at radius 1 is 1.18 bits per heavy atom. The second-order valence-electron chi connectivity index (χ2n) is 6.72. The van der Waals surface area contributed by atoms with Crippen LogP contribution in [0.3, 0.4) is 0 Å². The fourth-order valence-corrected chi connectivity index (χ4v) is 3.93. The molecule has 0 bridgehead atoms. The van der Waals surface area contributed by atoms with E-state index >= 15 is 0 Å². The summed E-state index contributed by atoms with van der Waals surface area (Å²) in [5.41, 5.74) is 1.21. The van der Waals surface area contributed by atoms with Crippen LogP contribution in [0.15, 0.2) is 42.5 Å². The van der Waals surface area contributed by atoms with Gasteiger partial charge in [0.25, 0.3) is 5.91 Å². The van der Waals surface area contributed by atoms with Gasteiger partial charge >= 0.3 is 0 Å². The molecule has 1 N–H and O–H groups in total. The van der Waals surface area contributed by atoms with E-state index in [1.165, 1.54) is 0 Å². The fourth-order valence-electron chi connectivity index (χ4n) is 3.32. The second kappa shape index (κ2) is 9.29. The molecule has 146 valence electrons. The van der Waals surface area contributed by atoms with Crippen LogP contribution in [0.25, 0.3) is 0 Å². The summed E-state index contributed by atoms with van der Waals surface area (Å²) in [4.78, 5) is 12.3. The monoisotopic (exact) mass is 418 g/mol. The predicted molar refractivity (Wildman–Crippen MR) is 108 cm³/mol. The van der Waals surface area contributed by atoms with E-state index < -0.39 is 0 Å². The number of nitrogens with zero attached hydrogens (tertiary/aromatic N) is 1. The van der Waals surface area contributed by atoms with E-state index in [1.807, 2.05) is 18.2 Å². The fraction of sp³-hybridized carbons (Fsp3) is 0.333. The molecule has 1 amide bonds. The van der Waals surface area contributed by atoms with Crippen LogP contribution in [-0.4, -0.2) is 32.3 Å². The van der Waals surface area contributed by atoms with E-state index in [0.717, 1.165) is 18.4 Å². The molecule has 2 aromatic rings. The lowest BCUT2D eigenvalue weighted by atomic mass is 9.74. The summed E-state index contributed by atoms with van der Waals surface area (Å²) in [5.74, 6) is 0.316. The van der Waals surface area contributed by atoms with Crippen LogP contribution in [-0.2, 0) is 14.9 Å². The van der Waals surface area contributed by atoms with Crippen molar-refractivity contribution in [3.05, 3.63) is 63.6 Å². The first-order chi connectivity index (χ1) is 13.5. The van der Waals surface area contributed by atoms with E-state index in [4.69, 9.17) is 37.9 Å². The van der Waals surface area contributed by atoms with Gasteiger partial charge in [-0.15, -0.1) is 0 Å². The molecule has 0 spiro atoms. The van der Waals surface area contributed by atoms with Crippen molar-refractivity contribution in [3.8, 4) is 11.8 Å². The molecule has 1 fully saturated rings. The largest absolute Gasteiger partial charge is 0.484 e. The molecule has 0 atom stereocenters. The first-order valence-corrected chi connectivity index (χ1v) is 9.71. The van der Waals surface area contributed by atoms with Crippen LogP contribution in [0.5, 0.6) is 5.75 Å². The molecule has 5 nitrogen and oxygen atoms in total. The summed E-state index contributed by atoms with van der Waals surface area (Å²) in [5, 5.41) is 12.9. The number of rotatable bonds is 6. The topological polar surface area (TPSA) is 71.3 Å². The van der Waals surface area contributed by atoms with Gasteiger partial charge in [0.2, 0.25) is 0 Å². The van der Waals surface area contributed by atoms with Gasteiger partial charge in [0.05, 0.1) is 11.6 Å². The van der Waals surface area contributed by atoms with Crippen molar-refractivity contribution in [2.45, 2.75) is 18.3 Å². The van der Waals surface area contributed by atoms with Crippen molar-refractivity contribution in [2.24, 2.45) is 0 Å². The maximum atomic E-state index is 12.3. The van der Waals surface area contributed by atoms with E-state index in [0.29, 0.717) is 41.1 Å². The van der Waals surface area contributed by atoms with Gasteiger partial charge in [0.15, 0.2) is 6.61 Å². The Kier molecular flexibility index (Phi) is 6.79. The van der Waals surface area contributed by atoms with Gasteiger partial charge in [0.1, 0.15) is 5.75 Å². The maximum absolute atomic E-state index is 12.3. The van der Waals surface area contributed by atoms with Gasteiger partial charge < -0.3 is 14.8 Å². The van der Waals surface area contributed by atoms with Gasteiger partial charge in [-0.25, -0.2) is 0 Å². The van der Waals surface area contributed by atoms with Gasteiger partial charge in [-0.1, -0.05) is 29.3 Å². The molecule has 1 aliphatic rings. The van der Waals surface area contributed by atoms with Crippen molar-refractivity contribution in [1.29, 1.82) is 5.26 Å². The van der Waals surface area contributed by atoms with Crippen molar-refractivity contribution in [2.75, 3.05) is 26.4 Å². The molecule has 1 saturated heterocycles. The van der Waals surface area contributed by atoms with Crippen molar-refractivity contribution in [1.82, 2.24) is 5.32 Å². The lowest BCUT2D eigenvalue weighted by molar-refractivity contribution is -0.123. The lowest BCUT2D eigenvalue weighted by Gasteiger charge is -2.38. The molecule has 0 aromatic heterocycles. The van der Waals surface area contributed by atoms with Gasteiger partial charge in [-0.3, -0.25) is 4.79 Å². The molecule has 28 heavy (non-hydrogen) atoms. The highest BCUT2D eigenvalue weighted by Crippen LogP contribution is 2.39. The number of benzene rings is 2. The first-order valence-electron chi connectivity index (χ1n) is 8.95. The Labute approximate surface area is 174 Å². The van der Waals surface area contributed by atoms with Crippen LogP contribution in [0.2, 0.25) is 10.0 Å². The summed E-state index contributed by atoms with van der Waals surface area (Å²) in [6.07, 6.45) is 1.51. The zero-order valence-corrected chi connectivity index (χ0v) is 16.7. The molecule has 1 aliphatic heterocycles. The quantitative estimate of drug-likeness (QED) is 0.765. The van der Waals surface area contributed by atoms with E-state index in [9.17, 15) is 4.79 Å². The highest BCUT2D eigenvalue weighted by Gasteiger charge is 2.36. The highest BCUT2D eigenvalue weighted by molar-refractivity contribution is 6.35. The number of hydrogen-bond acceptors (Lipinski definition) is 4. The normalized spacial score (nSPS) is 15.5. The van der Waals surface area contributed by atoms with E-state index in [1.54, 1.807) is 30.3 Å². The van der Waals surface area contributed by atoms with E-state index in [2.05, 4.69) is 5.32 Å². The Hall–Kier alpha value is -2.26. The molecular formula is C21H20Cl2N2O3. The number of ether oxygens (including phenoxy) is 2. The molecule has 7 heteroatoms. The summed E-state index contributed by atoms with van der Waals surface area (Å²) < 4.78 is 11.0. The van der Waals surface area contributed by atoms with Gasteiger partial charge in [-0.05, 0) is 54.8 Å². The Balaban J connectivity index is 1.63.